The van der Waals surface area contributed by atoms with Crippen LogP contribution >= 0.6 is 0 Å². The summed E-state index contributed by atoms with van der Waals surface area (Å²) in [4.78, 5) is 17.9. The van der Waals surface area contributed by atoms with E-state index >= 15 is 0 Å². The number of sulfonamides is 1. The lowest BCUT2D eigenvalue weighted by Gasteiger charge is -2.28. The molecule has 0 saturated carbocycles. The highest BCUT2D eigenvalue weighted by molar-refractivity contribution is 7.89. The van der Waals surface area contributed by atoms with Gasteiger partial charge in [-0.3, -0.25) is 9.69 Å². The minimum absolute atomic E-state index is 0.102. The van der Waals surface area contributed by atoms with E-state index in [1.165, 1.54) is 50.7 Å². The zero-order valence-corrected chi connectivity index (χ0v) is 23.0. The molecule has 2 rings (SSSR count). The van der Waals surface area contributed by atoms with Gasteiger partial charge in [-0.1, -0.05) is 94.8 Å². The summed E-state index contributed by atoms with van der Waals surface area (Å²) in [6.45, 7) is 7.94. The van der Waals surface area contributed by atoms with Crippen molar-refractivity contribution in [3.05, 3.63) is 65.7 Å². The standard InChI is InChI=1S/C29H45N3O3S/c1-3-5-7-12-21-31(22-13-8-6-4-2)25-29(33)32(24-27-14-10-9-11-15-27)23-20-26-16-18-28(19-17-26)36(30,34)35/h9-11,14-19H,3-8,12-13,20-25H2,1-2H3,(H2,30,34,35). The zero-order valence-electron chi connectivity index (χ0n) is 22.2. The average molecular weight is 516 g/mol. The predicted octanol–water partition coefficient (Wildman–Crippen LogP) is 5.37. The van der Waals surface area contributed by atoms with E-state index in [0.717, 1.165) is 37.1 Å². The van der Waals surface area contributed by atoms with E-state index in [0.29, 0.717) is 26.1 Å². The topological polar surface area (TPSA) is 83.7 Å². The van der Waals surface area contributed by atoms with E-state index in [4.69, 9.17) is 5.14 Å². The average Bonchev–Trinajstić information content (AvgIpc) is 2.87. The van der Waals surface area contributed by atoms with E-state index in [1.807, 2.05) is 23.1 Å². The van der Waals surface area contributed by atoms with Crippen molar-refractivity contribution in [1.29, 1.82) is 0 Å². The molecule has 0 aromatic heterocycles. The van der Waals surface area contributed by atoms with Crippen molar-refractivity contribution in [3.63, 3.8) is 0 Å². The SMILES string of the molecule is CCCCCCN(CCCCCC)CC(=O)N(CCc1ccc(S(N)(=O)=O)cc1)Cc1ccccc1. The van der Waals surface area contributed by atoms with Crippen LogP contribution in [0, 0.1) is 0 Å². The van der Waals surface area contributed by atoms with E-state index in [1.54, 1.807) is 12.1 Å². The van der Waals surface area contributed by atoms with Crippen molar-refractivity contribution in [2.45, 2.75) is 83.1 Å². The molecular weight excluding hydrogens is 470 g/mol. The van der Waals surface area contributed by atoms with Crippen LogP contribution in [0.25, 0.3) is 0 Å². The fourth-order valence-corrected chi connectivity index (χ4v) is 4.81. The first-order valence-corrected chi connectivity index (χ1v) is 15.0. The summed E-state index contributed by atoms with van der Waals surface area (Å²) in [6.07, 6.45) is 10.2. The molecule has 2 aromatic rings. The number of rotatable bonds is 18. The minimum atomic E-state index is -3.71. The molecule has 0 heterocycles. The highest BCUT2D eigenvalue weighted by Crippen LogP contribution is 2.13. The van der Waals surface area contributed by atoms with Gasteiger partial charge < -0.3 is 4.90 Å². The molecule has 0 aliphatic heterocycles. The molecule has 0 aliphatic rings. The number of nitrogens with two attached hydrogens (primary N) is 1. The van der Waals surface area contributed by atoms with Gasteiger partial charge in [0.15, 0.2) is 0 Å². The third kappa shape index (κ3) is 11.7. The zero-order chi connectivity index (χ0) is 26.2. The normalized spacial score (nSPS) is 11.7. The van der Waals surface area contributed by atoms with Crippen LogP contribution in [0.5, 0.6) is 0 Å². The van der Waals surface area contributed by atoms with Crippen LogP contribution in [0.15, 0.2) is 59.5 Å². The number of nitrogens with zero attached hydrogens (tertiary/aromatic N) is 2. The third-order valence-electron chi connectivity index (χ3n) is 6.51. The summed E-state index contributed by atoms with van der Waals surface area (Å²) in [7, 11) is -3.71. The maximum absolute atomic E-state index is 13.5. The molecule has 0 unspecified atom stereocenters. The number of amides is 1. The van der Waals surface area contributed by atoms with Gasteiger partial charge in [-0.2, -0.15) is 0 Å². The van der Waals surface area contributed by atoms with Crippen LogP contribution in [0.4, 0.5) is 0 Å². The van der Waals surface area contributed by atoms with Crippen LogP contribution in [0.3, 0.4) is 0 Å². The van der Waals surface area contributed by atoms with Crippen molar-refractivity contribution >= 4 is 15.9 Å². The molecule has 1 amide bonds. The smallest absolute Gasteiger partial charge is 0.238 e. The number of benzene rings is 2. The largest absolute Gasteiger partial charge is 0.337 e. The Labute approximate surface area is 218 Å². The minimum Gasteiger partial charge on any atom is -0.337 e. The molecular formula is C29H45N3O3S. The second kappa shape index (κ2) is 16.5. The van der Waals surface area contributed by atoms with E-state index in [9.17, 15) is 13.2 Å². The summed E-state index contributed by atoms with van der Waals surface area (Å²) >= 11 is 0. The number of carbonyl (C=O) groups excluding carboxylic acids is 1. The van der Waals surface area contributed by atoms with E-state index < -0.39 is 10.0 Å². The lowest BCUT2D eigenvalue weighted by Crippen LogP contribution is -2.41. The van der Waals surface area contributed by atoms with Gasteiger partial charge in [0.1, 0.15) is 0 Å². The Balaban J connectivity index is 2.07. The van der Waals surface area contributed by atoms with Crippen molar-refractivity contribution in [3.8, 4) is 0 Å². The Kier molecular flexibility index (Phi) is 13.8. The molecule has 6 nitrogen and oxygen atoms in total. The van der Waals surface area contributed by atoms with Gasteiger partial charge in [0.2, 0.25) is 15.9 Å². The van der Waals surface area contributed by atoms with Crippen LogP contribution < -0.4 is 5.14 Å². The third-order valence-corrected chi connectivity index (χ3v) is 7.44. The fourth-order valence-electron chi connectivity index (χ4n) is 4.29. The summed E-state index contributed by atoms with van der Waals surface area (Å²) in [5.41, 5.74) is 2.08. The molecule has 200 valence electrons. The molecule has 36 heavy (non-hydrogen) atoms. The van der Waals surface area contributed by atoms with Gasteiger partial charge in [0.25, 0.3) is 0 Å². The lowest BCUT2D eigenvalue weighted by molar-refractivity contribution is -0.133. The van der Waals surface area contributed by atoms with Crippen molar-refractivity contribution in [2.24, 2.45) is 5.14 Å². The molecule has 0 radical (unpaired) electrons. The van der Waals surface area contributed by atoms with Crippen molar-refractivity contribution in [1.82, 2.24) is 9.80 Å². The number of hydrogen-bond donors (Lipinski definition) is 1. The summed E-state index contributed by atoms with van der Waals surface area (Å²) < 4.78 is 23.1. The molecule has 0 saturated heterocycles. The number of unbranched alkanes of at least 4 members (excludes halogenated alkanes) is 6. The molecule has 2 N–H and O–H groups in total. The van der Waals surface area contributed by atoms with Crippen LogP contribution in [0.2, 0.25) is 0 Å². The predicted molar refractivity (Wildman–Crippen MR) is 148 cm³/mol. The monoisotopic (exact) mass is 515 g/mol. The molecule has 7 heteroatoms. The number of primary sulfonamides is 1. The Morgan fingerprint density at radius 3 is 1.86 bits per heavy atom. The first kappa shape index (κ1) is 30.0. The van der Waals surface area contributed by atoms with E-state index in [2.05, 4.69) is 30.9 Å². The quantitative estimate of drug-likeness (QED) is 0.271. The van der Waals surface area contributed by atoms with Gasteiger partial charge >= 0.3 is 0 Å². The van der Waals surface area contributed by atoms with Crippen molar-refractivity contribution in [2.75, 3.05) is 26.2 Å². The first-order valence-electron chi connectivity index (χ1n) is 13.5. The molecule has 0 aliphatic carbocycles. The fraction of sp³-hybridized carbons (Fsp3) is 0.552. The Morgan fingerprint density at radius 2 is 1.33 bits per heavy atom. The van der Waals surface area contributed by atoms with Crippen LogP contribution in [-0.2, 0) is 27.8 Å². The van der Waals surface area contributed by atoms with Crippen LogP contribution in [-0.4, -0.2) is 50.3 Å². The number of carbonyl (C=O) groups is 1. The Morgan fingerprint density at radius 1 is 0.750 bits per heavy atom. The van der Waals surface area contributed by atoms with Crippen molar-refractivity contribution < 1.29 is 13.2 Å². The molecule has 2 aromatic carbocycles. The summed E-state index contributed by atoms with van der Waals surface area (Å²) in [5, 5.41) is 5.22. The van der Waals surface area contributed by atoms with Crippen LogP contribution in [0.1, 0.15) is 76.3 Å². The van der Waals surface area contributed by atoms with Gasteiger partial charge in [-0.15, -0.1) is 0 Å². The molecule has 0 bridgehead atoms. The van der Waals surface area contributed by atoms with E-state index in [-0.39, 0.29) is 10.8 Å². The highest BCUT2D eigenvalue weighted by atomic mass is 32.2. The second-order valence-electron chi connectivity index (χ2n) is 9.64. The maximum Gasteiger partial charge on any atom is 0.238 e. The van der Waals surface area contributed by atoms with Gasteiger partial charge in [0.05, 0.1) is 11.4 Å². The van der Waals surface area contributed by atoms with Gasteiger partial charge in [-0.25, -0.2) is 13.6 Å². The number of hydrogen-bond acceptors (Lipinski definition) is 4. The molecule has 0 atom stereocenters. The first-order chi connectivity index (χ1) is 17.3. The lowest BCUT2D eigenvalue weighted by atomic mass is 10.1. The maximum atomic E-state index is 13.5. The molecule has 0 fully saturated rings. The molecule has 0 spiro atoms. The van der Waals surface area contributed by atoms with Gasteiger partial charge in [-0.05, 0) is 55.6 Å². The summed E-state index contributed by atoms with van der Waals surface area (Å²) in [6, 6.07) is 16.7. The summed E-state index contributed by atoms with van der Waals surface area (Å²) in [5.74, 6) is 0.144. The highest BCUT2D eigenvalue weighted by Gasteiger charge is 2.18. The Bertz CT molecular complexity index is 967. The Hall–Kier alpha value is -2.22. The van der Waals surface area contributed by atoms with Gasteiger partial charge in [0, 0.05) is 13.1 Å². The second-order valence-corrected chi connectivity index (χ2v) is 11.2.